The van der Waals surface area contributed by atoms with Crippen molar-refractivity contribution in [2.75, 3.05) is 11.9 Å². The van der Waals surface area contributed by atoms with E-state index in [4.69, 9.17) is 0 Å². The lowest BCUT2D eigenvalue weighted by Crippen LogP contribution is -2.33. The molecule has 1 N–H and O–H groups in total. The van der Waals surface area contributed by atoms with Crippen LogP contribution in [0.25, 0.3) is 0 Å². The Morgan fingerprint density at radius 2 is 1.65 bits per heavy atom. The molecule has 0 amide bonds. The van der Waals surface area contributed by atoms with Crippen LogP contribution in [0.4, 0.5) is 5.69 Å². The second kappa shape index (κ2) is 6.06. The van der Waals surface area contributed by atoms with E-state index in [1.807, 2.05) is 19.1 Å². The fraction of sp³-hybridized carbons (Fsp3) is 0.600. The SMILES string of the molecule is CC[C@H](O)c1ccc(N(C)C(C)C(C)C)cc1. The van der Waals surface area contributed by atoms with Crippen molar-refractivity contribution in [3.63, 3.8) is 0 Å². The van der Waals surface area contributed by atoms with Crippen molar-refractivity contribution in [3.05, 3.63) is 29.8 Å². The molecule has 0 radical (unpaired) electrons. The van der Waals surface area contributed by atoms with Gasteiger partial charge < -0.3 is 10.0 Å². The molecule has 1 rings (SSSR count). The van der Waals surface area contributed by atoms with Gasteiger partial charge >= 0.3 is 0 Å². The van der Waals surface area contributed by atoms with E-state index in [9.17, 15) is 5.11 Å². The van der Waals surface area contributed by atoms with Crippen molar-refractivity contribution in [2.24, 2.45) is 5.92 Å². The van der Waals surface area contributed by atoms with Crippen LogP contribution >= 0.6 is 0 Å². The van der Waals surface area contributed by atoms with Crippen molar-refractivity contribution in [1.29, 1.82) is 0 Å². The molecule has 1 aromatic carbocycles. The first kappa shape index (κ1) is 14.0. The quantitative estimate of drug-likeness (QED) is 0.842. The number of aliphatic hydroxyl groups is 1. The maximum Gasteiger partial charge on any atom is 0.0787 e. The molecule has 96 valence electrons. The van der Waals surface area contributed by atoms with E-state index in [0.29, 0.717) is 12.0 Å². The molecule has 0 heterocycles. The highest BCUT2D eigenvalue weighted by Gasteiger charge is 2.14. The summed E-state index contributed by atoms with van der Waals surface area (Å²) < 4.78 is 0. The van der Waals surface area contributed by atoms with Crippen molar-refractivity contribution < 1.29 is 5.11 Å². The predicted molar refractivity (Wildman–Crippen MR) is 74.4 cm³/mol. The van der Waals surface area contributed by atoms with Gasteiger partial charge in [0.25, 0.3) is 0 Å². The predicted octanol–water partition coefficient (Wildman–Crippen LogP) is 3.61. The fourth-order valence-corrected chi connectivity index (χ4v) is 1.85. The Morgan fingerprint density at radius 3 is 2.06 bits per heavy atom. The first-order valence-electron chi connectivity index (χ1n) is 6.48. The third kappa shape index (κ3) is 3.47. The lowest BCUT2D eigenvalue weighted by atomic mass is 10.0. The number of rotatable bonds is 5. The lowest BCUT2D eigenvalue weighted by Gasteiger charge is -2.30. The number of aliphatic hydroxyl groups excluding tert-OH is 1. The molecule has 1 unspecified atom stereocenters. The second-order valence-corrected chi connectivity index (χ2v) is 5.11. The summed E-state index contributed by atoms with van der Waals surface area (Å²) >= 11 is 0. The van der Waals surface area contributed by atoms with Gasteiger partial charge in [-0.05, 0) is 37.0 Å². The van der Waals surface area contributed by atoms with E-state index in [2.05, 4.69) is 44.9 Å². The minimum Gasteiger partial charge on any atom is -0.388 e. The van der Waals surface area contributed by atoms with Gasteiger partial charge in [-0.15, -0.1) is 0 Å². The number of hydrogen-bond acceptors (Lipinski definition) is 2. The summed E-state index contributed by atoms with van der Waals surface area (Å²) in [6, 6.07) is 8.73. The summed E-state index contributed by atoms with van der Waals surface area (Å²) in [5, 5.41) is 9.74. The van der Waals surface area contributed by atoms with Crippen molar-refractivity contribution in [2.45, 2.75) is 46.3 Å². The maximum absolute atomic E-state index is 9.74. The van der Waals surface area contributed by atoms with Gasteiger partial charge in [0.2, 0.25) is 0 Å². The van der Waals surface area contributed by atoms with E-state index in [1.165, 1.54) is 5.69 Å². The molecule has 0 saturated carbocycles. The Balaban J connectivity index is 2.80. The average molecular weight is 235 g/mol. The molecule has 2 heteroatoms. The molecule has 2 atom stereocenters. The van der Waals surface area contributed by atoms with Gasteiger partial charge in [0.1, 0.15) is 0 Å². The molecule has 0 saturated heterocycles. The zero-order chi connectivity index (χ0) is 13.0. The minimum absolute atomic E-state index is 0.336. The number of hydrogen-bond donors (Lipinski definition) is 1. The topological polar surface area (TPSA) is 23.5 Å². The summed E-state index contributed by atoms with van der Waals surface area (Å²) in [5.41, 5.74) is 2.21. The van der Waals surface area contributed by atoms with Crippen LogP contribution in [0.3, 0.4) is 0 Å². The summed E-state index contributed by atoms with van der Waals surface area (Å²) in [4.78, 5) is 2.28. The van der Waals surface area contributed by atoms with Crippen molar-refractivity contribution >= 4 is 5.69 Å². The summed E-state index contributed by atoms with van der Waals surface area (Å²) in [5.74, 6) is 0.626. The number of nitrogens with zero attached hydrogens (tertiary/aromatic N) is 1. The van der Waals surface area contributed by atoms with Gasteiger partial charge in [-0.3, -0.25) is 0 Å². The highest BCUT2D eigenvalue weighted by Crippen LogP contribution is 2.23. The van der Waals surface area contributed by atoms with Crippen LogP contribution in [-0.4, -0.2) is 18.2 Å². The number of benzene rings is 1. The summed E-state index contributed by atoms with van der Waals surface area (Å²) in [7, 11) is 2.12. The van der Waals surface area contributed by atoms with Gasteiger partial charge in [0.05, 0.1) is 6.10 Å². The van der Waals surface area contributed by atoms with E-state index >= 15 is 0 Å². The monoisotopic (exact) mass is 235 g/mol. The first-order valence-corrected chi connectivity index (χ1v) is 6.48. The molecular weight excluding hydrogens is 210 g/mol. The van der Waals surface area contributed by atoms with Gasteiger partial charge in [0, 0.05) is 18.8 Å². The molecule has 0 aliphatic rings. The third-order valence-corrected chi connectivity index (χ3v) is 3.65. The Bertz CT molecular complexity index is 331. The molecule has 1 aromatic rings. The molecule has 17 heavy (non-hydrogen) atoms. The largest absolute Gasteiger partial charge is 0.388 e. The summed E-state index contributed by atoms with van der Waals surface area (Å²) in [6.07, 6.45) is 0.425. The summed E-state index contributed by atoms with van der Waals surface area (Å²) in [6.45, 7) is 8.69. The number of anilines is 1. The maximum atomic E-state index is 9.74. The zero-order valence-corrected chi connectivity index (χ0v) is 11.6. The van der Waals surface area contributed by atoms with Crippen LogP contribution in [-0.2, 0) is 0 Å². The molecule has 2 nitrogen and oxygen atoms in total. The molecule has 0 fully saturated rings. The Morgan fingerprint density at radius 1 is 1.12 bits per heavy atom. The fourth-order valence-electron chi connectivity index (χ4n) is 1.85. The third-order valence-electron chi connectivity index (χ3n) is 3.65. The molecule has 0 aromatic heterocycles. The van der Waals surface area contributed by atoms with Gasteiger partial charge in [-0.25, -0.2) is 0 Å². The highest BCUT2D eigenvalue weighted by molar-refractivity contribution is 5.48. The van der Waals surface area contributed by atoms with Crippen LogP contribution in [0.15, 0.2) is 24.3 Å². The second-order valence-electron chi connectivity index (χ2n) is 5.11. The molecule has 0 aliphatic carbocycles. The Kier molecular flexibility index (Phi) is 5.01. The van der Waals surface area contributed by atoms with Crippen molar-refractivity contribution in [1.82, 2.24) is 0 Å². The van der Waals surface area contributed by atoms with Crippen LogP contribution in [0.1, 0.15) is 45.8 Å². The van der Waals surface area contributed by atoms with Crippen LogP contribution in [0.2, 0.25) is 0 Å². The average Bonchev–Trinajstić information content (AvgIpc) is 2.36. The van der Waals surface area contributed by atoms with Gasteiger partial charge in [0.15, 0.2) is 0 Å². The lowest BCUT2D eigenvalue weighted by molar-refractivity contribution is 0.173. The van der Waals surface area contributed by atoms with E-state index in [1.54, 1.807) is 0 Å². The Labute approximate surface area is 105 Å². The van der Waals surface area contributed by atoms with E-state index < -0.39 is 0 Å². The van der Waals surface area contributed by atoms with Crippen molar-refractivity contribution in [3.8, 4) is 0 Å². The Hall–Kier alpha value is -1.02. The smallest absolute Gasteiger partial charge is 0.0787 e. The highest BCUT2D eigenvalue weighted by atomic mass is 16.3. The standard InChI is InChI=1S/C15H25NO/c1-6-15(17)13-7-9-14(10-8-13)16(5)12(4)11(2)3/h7-12,15,17H,6H2,1-5H3/t12?,15-/m0/s1. The zero-order valence-electron chi connectivity index (χ0n) is 11.6. The molecule has 0 spiro atoms. The minimum atomic E-state index is -0.336. The molecule has 0 bridgehead atoms. The molecular formula is C15H25NO. The van der Waals surface area contributed by atoms with E-state index in [0.717, 1.165) is 12.0 Å². The normalized spacial score (nSPS) is 14.8. The van der Waals surface area contributed by atoms with Crippen LogP contribution in [0, 0.1) is 5.92 Å². The van der Waals surface area contributed by atoms with E-state index in [-0.39, 0.29) is 6.10 Å². The van der Waals surface area contributed by atoms with Crippen LogP contribution < -0.4 is 4.90 Å². The van der Waals surface area contributed by atoms with Gasteiger partial charge in [-0.1, -0.05) is 32.9 Å². The van der Waals surface area contributed by atoms with Gasteiger partial charge in [-0.2, -0.15) is 0 Å². The van der Waals surface area contributed by atoms with Crippen LogP contribution in [0.5, 0.6) is 0 Å². The molecule has 0 aliphatic heterocycles. The first-order chi connectivity index (χ1) is 7.97.